The van der Waals surface area contributed by atoms with Crippen LogP contribution in [-0.4, -0.2) is 9.13 Å². The lowest BCUT2D eigenvalue weighted by atomic mass is 9.96. The van der Waals surface area contributed by atoms with E-state index in [1.165, 1.54) is 6.92 Å². The van der Waals surface area contributed by atoms with Crippen LogP contribution in [0.4, 0.5) is 4.39 Å². The average molecular weight is 577 g/mol. The summed E-state index contributed by atoms with van der Waals surface area (Å²) in [7, 11) is 4.09. The summed E-state index contributed by atoms with van der Waals surface area (Å²) in [5.41, 5.74) is 6.45. The van der Waals surface area contributed by atoms with Crippen LogP contribution in [0.2, 0.25) is 0 Å². The maximum atomic E-state index is 15.7. The van der Waals surface area contributed by atoms with Crippen LogP contribution in [0.25, 0.3) is 76.7 Å². The highest BCUT2D eigenvalue weighted by Crippen LogP contribution is 2.45. The minimum atomic E-state index is -0.793. The number of benzene rings is 5. The van der Waals surface area contributed by atoms with Crippen molar-refractivity contribution >= 4 is 76.7 Å². The number of aryl methyl sites for hydroxylation is 4. The zero-order valence-corrected chi connectivity index (χ0v) is 24.8. The average Bonchev–Trinajstić information content (AvgIpc) is 3.46. The second-order valence-corrected chi connectivity index (χ2v) is 11.5. The molecule has 0 N–H and O–H groups in total. The summed E-state index contributed by atoms with van der Waals surface area (Å²) >= 11 is 0. The topological polar surface area (TPSA) is 83.7 Å². The van der Waals surface area contributed by atoms with Gasteiger partial charge >= 0.3 is 0 Å². The van der Waals surface area contributed by atoms with E-state index in [2.05, 4.69) is 58.6 Å². The van der Waals surface area contributed by atoms with Gasteiger partial charge in [0.25, 0.3) is 0 Å². The minimum absolute atomic E-state index is 0.00721. The smallest absolute Gasteiger partial charge is 0.192 e. The van der Waals surface area contributed by atoms with Gasteiger partial charge in [-0.25, -0.2) is 4.39 Å². The zero-order chi connectivity index (χ0) is 30.6. The molecule has 0 bridgehead atoms. The van der Waals surface area contributed by atoms with Crippen LogP contribution in [0.15, 0.2) is 69.5 Å². The first-order chi connectivity index (χ1) is 21.3. The maximum Gasteiger partial charge on any atom is 0.192 e. The standard InChI is InChI=1S/C37H25FN4O2/c1-18-14-27-29(21-10-6-8-12-25(21)41(27)4)31-32-30-22-11-7-9-13-26(22)42(5)28(30)15-19(2)35(32)44-37-24(17-40)33(38)20(3)23(16-39)36(37)43-34(18)31/h6-15H,1-5H3. The molecule has 8 rings (SSSR count). The Hall–Kier alpha value is -5.79. The predicted molar refractivity (Wildman–Crippen MR) is 173 cm³/mol. The SMILES string of the molecule is Cc1c(F)c(C#N)c2oc3c(C)cc4c(c5ccccc5n4C)c3c3c(oc2c1C#N)c(C)cc1c3c2ccccc2n1C. The summed E-state index contributed by atoms with van der Waals surface area (Å²) in [4.78, 5) is 0. The van der Waals surface area contributed by atoms with Crippen LogP contribution >= 0.6 is 0 Å². The second kappa shape index (κ2) is 8.86. The fourth-order valence-corrected chi connectivity index (χ4v) is 7.02. The van der Waals surface area contributed by atoms with Crippen molar-refractivity contribution in [1.29, 1.82) is 10.5 Å². The van der Waals surface area contributed by atoms with Crippen molar-refractivity contribution in [3.8, 4) is 12.1 Å². The Balaban J connectivity index is 1.88. The molecule has 212 valence electrons. The number of para-hydroxylation sites is 2. The molecule has 0 saturated carbocycles. The summed E-state index contributed by atoms with van der Waals surface area (Å²) in [6, 6.07) is 24.7. The Labute approximate surface area is 250 Å². The second-order valence-electron chi connectivity index (χ2n) is 11.5. The van der Waals surface area contributed by atoms with Crippen molar-refractivity contribution in [3.63, 3.8) is 0 Å². The van der Waals surface area contributed by atoms with E-state index in [0.717, 1.165) is 65.5 Å². The molecular weight excluding hydrogens is 551 g/mol. The first kappa shape index (κ1) is 25.9. The van der Waals surface area contributed by atoms with E-state index >= 15 is 4.39 Å². The molecule has 0 saturated heterocycles. The van der Waals surface area contributed by atoms with E-state index in [4.69, 9.17) is 8.83 Å². The van der Waals surface area contributed by atoms with Crippen LogP contribution in [0.5, 0.6) is 0 Å². The van der Waals surface area contributed by atoms with Gasteiger partial charge in [0.15, 0.2) is 11.2 Å². The molecule has 0 radical (unpaired) electrons. The van der Waals surface area contributed by atoms with Gasteiger partial charge in [0.1, 0.15) is 40.2 Å². The van der Waals surface area contributed by atoms with Gasteiger partial charge in [-0.15, -0.1) is 0 Å². The van der Waals surface area contributed by atoms with Gasteiger partial charge in [-0.05, 0) is 56.2 Å². The summed E-state index contributed by atoms with van der Waals surface area (Å²) in [5, 5.41) is 26.0. The third-order valence-electron chi connectivity index (χ3n) is 9.15. The van der Waals surface area contributed by atoms with Crippen molar-refractivity contribution in [2.75, 3.05) is 0 Å². The van der Waals surface area contributed by atoms with Crippen LogP contribution in [0, 0.1) is 49.3 Å². The van der Waals surface area contributed by atoms with Gasteiger partial charge in [0, 0.05) is 74.0 Å². The molecule has 0 aliphatic rings. The van der Waals surface area contributed by atoms with Crippen LogP contribution in [0.3, 0.4) is 0 Å². The largest absolute Gasteiger partial charge is 0.451 e. The Morgan fingerprint density at radius 3 is 1.48 bits per heavy atom. The molecule has 0 aliphatic heterocycles. The number of hydrogen-bond acceptors (Lipinski definition) is 4. The Morgan fingerprint density at radius 1 is 0.591 bits per heavy atom. The van der Waals surface area contributed by atoms with Crippen molar-refractivity contribution < 1.29 is 13.2 Å². The summed E-state index contributed by atoms with van der Waals surface area (Å²) in [6.45, 7) is 5.41. The highest BCUT2D eigenvalue weighted by molar-refractivity contribution is 6.34. The van der Waals surface area contributed by atoms with E-state index in [-0.39, 0.29) is 27.9 Å². The highest BCUT2D eigenvalue weighted by Gasteiger charge is 2.25. The number of nitrogens with zero attached hydrogens (tertiary/aromatic N) is 4. The van der Waals surface area contributed by atoms with Crippen molar-refractivity contribution in [1.82, 2.24) is 9.13 Å². The molecule has 3 heterocycles. The zero-order valence-electron chi connectivity index (χ0n) is 24.8. The molecule has 0 amide bonds. The lowest BCUT2D eigenvalue weighted by molar-refractivity contribution is 0.586. The minimum Gasteiger partial charge on any atom is -0.451 e. The molecule has 8 aromatic rings. The van der Waals surface area contributed by atoms with Gasteiger partial charge < -0.3 is 18.0 Å². The first-order valence-corrected chi connectivity index (χ1v) is 14.3. The fourth-order valence-electron chi connectivity index (χ4n) is 7.02. The van der Waals surface area contributed by atoms with Crippen LogP contribution in [0.1, 0.15) is 27.8 Å². The normalized spacial score (nSPS) is 11.8. The molecule has 7 heteroatoms. The predicted octanol–water partition coefficient (Wildman–Crippen LogP) is 9.55. The molecule has 3 aromatic heterocycles. The number of hydrogen-bond donors (Lipinski definition) is 0. The van der Waals surface area contributed by atoms with Crippen molar-refractivity contribution in [3.05, 3.63) is 94.3 Å². The highest BCUT2D eigenvalue weighted by atomic mass is 19.1. The van der Waals surface area contributed by atoms with E-state index in [1.54, 1.807) is 0 Å². The van der Waals surface area contributed by atoms with Gasteiger partial charge in [0.05, 0.1) is 0 Å². The Morgan fingerprint density at radius 2 is 1.02 bits per heavy atom. The first-order valence-electron chi connectivity index (χ1n) is 14.3. The van der Waals surface area contributed by atoms with Gasteiger partial charge in [0.2, 0.25) is 0 Å². The Bertz CT molecular complexity index is 2570. The van der Waals surface area contributed by atoms with E-state index in [1.807, 2.05) is 51.2 Å². The molecule has 0 aliphatic carbocycles. The lowest BCUT2D eigenvalue weighted by Crippen LogP contribution is -1.97. The maximum absolute atomic E-state index is 15.7. The van der Waals surface area contributed by atoms with E-state index < -0.39 is 5.82 Å². The number of fused-ring (bicyclic) bond motifs is 12. The summed E-state index contributed by atoms with van der Waals surface area (Å²) in [6.07, 6.45) is 0. The van der Waals surface area contributed by atoms with Crippen LogP contribution in [-0.2, 0) is 14.1 Å². The molecule has 0 unspecified atom stereocenters. The number of aromatic nitrogens is 2. The molecule has 0 atom stereocenters. The van der Waals surface area contributed by atoms with E-state index in [9.17, 15) is 10.5 Å². The van der Waals surface area contributed by atoms with Gasteiger partial charge in [-0.2, -0.15) is 10.5 Å². The third-order valence-corrected chi connectivity index (χ3v) is 9.15. The van der Waals surface area contributed by atoms with Crippen molar-refractivity contribution in [2.24, 2.45) is 14.1 Å². The van der Waals surface area contributed by atoms with Crippen molar-refractivity contribution in [2.45, 2.75) is 20.8 Å². The van der Waals surface area contributed by atoms with Gasteiger partial charge in [-0.3, -0.25) is 0 Å². The number of halogens is 1. The quantitative estimate of drug-likeness (QED) is 0.180. The Kier molecular flexibility index (Phi) is 5.21. The molecule has 0 spiro atoms. The monoisotopic (exact) mass is 576 g/mol. The third kappa shape index (κ3) is 3.11. The molecular formula is C37H25FN4O2. The fraction of sp³-hybridized carbons (Fsp3) is 0.135. The molecule has 44 heavy (non-hydrogen) atoms. The number of nitriles is 2. The molecule has 0 fully saturated rings. The summed E-state index contributed by atoms with van der Waals surface area (Å²) < 4.78 is 33.5. The van der Waals surface area contributed by atoms with Crippen LogP contribution < -0.4 is 0 Å². The van der Waals surface area contributed by atoms with E-state index in [0.29, 0.717) is 11.2 Å². The van der Waals surface area contributed by atoms with Gasteiger partial charge in [-0.1, -0.05) is 36.4 Å². The molecule has 6 nitrogen and oxygen atoms in total. The summed E-state index contributed by atoms with van der Waals surface area (Å²) in [5.74, 6) is -0.793. The molecule has 5 aromatic carbocycles. The number of rotatable bonds is 0. The lowest BCUT2D eigenvalue weighted by Gasteiger charge is -2.13.